The van der Waals surface area contributed by atoms with Gasteiger partial charge in [-0.15, -0.1) is 0 Å². The van der Waals surface area contributed by atoms with Crippen LogP contribution in [0.5, 0.6) is 5.75 Å². The molecule has 7 heteroatoms. The van der Waals surface area contributed by atoms with Crippen LogP contribution in [-0.2, 0) is 4.79 Å². The summed E-state index contributed by atoms with van der Waals surface area (Å²) in [6, 6.07) is 6.87. The molecular formula is C16H19ClN4O2. The van der Waals surface area contributed by atoms with Crippen LogP contribution in [0, 0.1) is 11.3 Å². The number of carbonyl (C=O) groups excluding carboxylic acids is 1. The molecule has 122 valence electrons. The van der Waals surface area contributed by atoms with Gasteiger partial charge in [0.05, 0.1) is 12.8 Å². The molecule has 1 aliphatic heterocycles. The third kappa shape index (κ3) is 4.62. The van der Waals surface area contributed by atoms with Crippen molar-refractivity contribution in [1.82, 2.24) is 9.80 Å². The van der Waals surface area contributed by atoms with E-state index in [1.807, 2.05) is 18.0 Å². The summed E-state index contributed by atoms with van der Waals surface area (Å²) in [5, 5.41) is 12.4. The molecule has 0 spiro atoms. The summed E-state index contributed by atoms with van der Waals surface area (Å²) in [4.78, 5) is 16.5. The van der Waals surface area contributed by atoms with Gasteiger partial charge in [-0.25, -0.2) is 0 Å². The topological polar surface area (TPSA) is 68.6 Å². The average molecular weight is 335 g/mol. The van der Waals surface area contributed by atoms with E-state index < -0.39 is 5.91 Å². The SMILES string of the molecule is COc1ccc(Cl)cc1NC(=O)/C(C#N)=C\N1CCN(C)CC1. The largest absolute Gasteiger partial charge is 0.495 e. The fourth-order valence-electron chi connectivity index (χ4n) is 2.24. The summed E-state index contributed by atoms with van der Waals surface area (Å²) in [7, 11) is 3.55. The van der Waals surface area contributed by atoms with Gasteiger partial charge in [0.25, 0.3) is 5.91 Å². The number of anilines is 1. The number of benzene rings is 1. The first-order chi connectivity index (χ1) is 11.0. The zero-order chi connectivity index (χ0) is 16.8. The zero-order valence-electron chi connectivity index (χ0n) is 13.2. The Balaban J connectivity index is 2.12. The Morgan fingerprint density at radius 2 is 2.09 bits per heavy atom. The van der Waals surface area contributed by atoms with E-state index in [1.165, 1.54) is 7.11 Å². The molecule has 1 N–H and O–H groups in total. The normalized spacial score (nSPS) is 15.9. The summed E-state index contributed by atoms with van der Waals surface area (Å²) in [6.07, 6.45) is 1.61. The predicted octanol–water partition coefficient (Wildman–Crippen LogP) is 1.94. The van der Waals surface area contributed by atoms with Gasteiger partial charge >= 0.3 is 0 Å². The number of halogens is 1. The third-order valence-corrected chi connectivity index (χ3v) is 3.86. The lowest BCUT2D eigenvalue weighted by Gasteiger charge is -2.31. The number of likely N-dealkylation sites (N-methyl/N-ethyl adjacent to an activating group) is 1. The Kier molecular flexibility index (Phi) is 5.85. The van der Waals surface area contributed by atoms with Crippen molar-refractivity contribution in [3.8, 4) is 11.8 Å². The lowest BCUT2D eigenvalue weighted by Crippen LogP contribution is -2.42. The lowest BCUT2D eigenvalue weighted by molar-refractivity contribution is -0.112. The average Bonchev–Trinajstić information content (AvgIpc) is 2.54. The smallest absolute Gasteiger partial charge is 0.267 e. The number of amides is 1. The molecule has 0 unspecified atom stereocenters. The third-order valence-electron chi connectivity index (χ3n) is 3.62. The van der Waals surface area contributed by atoms with E-state index in [2.05, 4.69) is 10.2 Å². The number of hydrogen-bond donors (Lipinski definition) is 1. The molecule has 0 aliphatic carbocycles. The molecular weight excluding hydrogens is 316 g/mol. The van der Waals surface area contributed by atoms with E-state index >= 15 is 0 Å². The maximum Gasteiger partial charge on any atom is 0.267 e. The number of nitrogens with zero attached hydrogens (tertiary/aromatic N) is 3. The van der Waals surface area contributed by atoms with Crippen LogP contribution in [-0.4, -0.2) is 56.0 Å². The monoisotopic (exact) mass is 334 g/mol. The minimum atomic E-state index is -0.480. The Labute approximate surface area is 140 Å². The van der Waals surface area contributed by atoms with E-state index in [0.29, 0.717) is 16.5 Å². The second-order valence-electron chi connectivity index (χ2n) is 5.29. The van der Waals surface area contributed by atoms with Gasteiger partial charge in [0.1, 0.15) is 17.4 Å². The Hall–Kier alpha value is -2.23. The highest BCUT2D eigenvalue weighted by Crippen LogP contribution is 2.28. The summed E-state index contributed by atoms with van der Waals surface area (Å²) in [5.74, 6) is 0.00614. The van der Waals surface area contributed by atoms with Gasteiger partial charge in [-0.2, -0.15) is 5.26 Å². The second kappa shape index (κ2) is 7.86. The van der Waals surface area contributed by atoms with E-state index in [4.69, 9.17) is 16.3 Å². The quantitative estimate of drug-likeness (QED) is 0.673. The Morgan fingerprint density at radius 3 is 2.70 bits per heavy atom. The first-order valence-electron chi connectivity index (χ1n) is 7.23. The molecule has 1 aromatic carbocycles. The highest BCUT2D eigenvalue weighted by Gasteiger charge is 2.16. The maximum absolute atomic E-state index is 12.3. The summed E-state index contributed by atoms with van der Waals surface area (Å²) in [5.41, 5.74) is 0.487. The fraction of sp³-hybridized carbons (Fsp3) is 0.375. The highest BCUT2D eigenvalue weighted by molar-refractivity contribution is 6.31. The number of hydrogen-bond acceptors (Lipinski definition) is 5. The van der Waals surface area contributed by atoms with Crippen LogP contribution in [0.15, 0.2) is 30.0 Å². The van der Waals surface area contributed by atoms with Crippen molar-refractivity contribution in [2.75, 3.05) is 45.7 Å². The van der Waals surface area contributed by atoms with Crippen LogP contribution in [0.2, 0.25) is 5.02 Å². The molecule has 6 nitrogen and oxygen atoms in total. The molecule has 1 heterocycles. The molecule has 0 aromatic heterocycles. The molecule has 1 fully saturated rings. The van der Waals surface area contributed by atoms with Gasteiger partial charge < -0.3 is 19.9 Å². The standard InChI is InChI=1S/C16H19ClN4O2/c1-20-5-7-21(8-6-20)11-12(10-18)16(22)19-14-9-13(17)3-4-15(14)23-2/h3-4,9,11H,5-8H2,1-2H3,(H,19,22)/b12-11-. The maximum atomic E-state index is 12.3. The van der Waals surface area contributed by atoms with E-state index in [1.54, 1.807) is 24.4 Å². The van der Waals surface area contributed by atoms with Crippen molar-refractivity contribution >= 4 is 23.2 Å². The molecule has 0 bridgehead atoms. The Morgan fingerprint density at radius 1 is 1.39 bits per heavy atom. The van der Waals surface area contributed by atoms with Crippen LogP contribution in [0.4, 0.5) is 5.69 Å². The van der Waals surface area contributed by atoms with Gasteiger partial charge in [0.2, 0.25) is 0 Å². The first kappa shape index (κ1) is 17.1. The van der Waals surface area contributed by atoms with E-state index in [9.17, 15) is 10.1 Å². The summed E-state index contributed by atoms with van der Waals surface area (Å²) >= 11 is 5.94. The number of piperazine rings is 1. The van der Waals surface area contributed by atoms with Gasteiger partial charge in [0, 0.05) is 37.4 Å². The van der Waals surface area contributed by atoms with Gasteiger partial charge in [-0.3, -0.25) is 4.79 Å². The molecule has 0 atom stereocenters. The van der Waals surface area contributed by atoms with Gasteiger partial charge in [0.15, 0.2) is 0 Å². The van der Waals surface area contributed by atoms with E-state index in [-0.39, 0.29) is 5.57 Å². The van der Waals surface area contributed by atoms with Crippen molar-refractivity contribution in [2.24, 2.45) is 0 Å². The molecule has 1 aromatic rings. The summed E-state index contributed by atoms with van der Waals surface area (Å²) < 4.78 is 5.18. The van der Waals surface area contributed by atoms with Crippen molar-refractivity contribution in [3.05, 3.63) is 35.0 Å². The molecule has 1 aliphatic rings. The number of rotatable bonds is 4. The van der Waals surface area contributed by atoms with Crippen molar-refractivity contribution < 1.29 is 9.53 Å². The van der Waals surface area contributed by atoms with Crippen LogP contribution in [0.1, 0.15) is 0 Å². The van der Waals surface area contributed by atoms with Crippen molar-refractivity contribution in [1.29, 1.82) is 5.26 Å². The Bertz CT molecular complexity index is 646. The first-order valence-corrected chi connectivity index (χ1v) is 7.60. The van der Waals surface area contributed by atoms with Crippen LogP contribution >= 0.6 is 11.6 Å². The van der Waals surface area contributed by atoms with Crippen LogP contribution < -0.4 is 10.1 Å². The molecule has 0 radical (unpaired) electrons. The fourth-order valence-corrected chi connectivity index (χ4v) is 2.41. The minimum Gasteiger partial charge on any atom is -0.495 e. The number of carbonyl (C=O) groups is 1. The molecule has 23 heavy (non-hydrogen) atoms. The zero-order valence-corrected chi connectivity index (χ0v) is 13.9. The molecule has 2 rings (SSSR count). The molecule has 1 saturated heterocycles. The number of nitriles is 1. The van der Waals surface area contributed by atoms with Crippen LogP contribution in [0.25, 0.3) is 0 Å². The second-order valence-corrected chi connectivity index (χ2v) is 5.73. The highest BCUT2D eigenvalue weighted by atomic mass is 35.5. The minimum absolute atomic E-state index is 0.0524. The van der Waals surface area contributed by atoms with Crippen molar-refractivity contribution in [2.45, 2.75) is 0 Å². The number of methoxy groups -OCH3 is 1. The van der Waals surface area contributed by atoms with E-state index in [0.717, 1.165) is 26.2 Å². The molecule has 0 saturated carbocycles. The lowest BCUT2D eigenvalue weighted by atomic mass is 10.2. The summed E-state index contributed by atoms with van der Waals surface area (Å²) in [6.45, 7) is 3.38. The van der Waals surface area contributed by atoms with Crippen LogP contribution in [0.3, 0.4) is 0 Å². The number of nitrogens with one attached hydrogen (secondary N) is 1. The molecule has 1 amide bonds. The van der Waals surface area contributed by atoms with Gasteiger partial charge in [-0.05, 0) is 25.2 Å². The van der Waals surface area contributed by atoms with Crippen molar-refractivity contribution in [3.63, 3.8) is 0 Å². The van der Waals surface area contributed by atoms with Gasteiger partial charge in [-0.1, -0.05) is 11.6 Å². The number of ether oxygens (including phenoxy) is 1. The predicted molar refractivity (Wildman–Crippen MR) is 89.4 cm³/mol.